The van der Waals surface area contributed by atoms with Crippen LogP contribution in [0.2, 0.25) is 0 Å². The van der Waals surface area contributed by atoms with Crippen LogP contribution in [0.25, 0.3) is 11.1 Å². The van der Waals surface area contributed by atoms with Crippen LogP contribution in [0.4, 0.5) is 30.6 Å². The van der Waals surface area contributed by atoms with Crippen molar-refractivity contribution in [1.29, 1.82) is 0 Å². The van der Waals surface area contributed by atoms with Crippen LogP contribution in [0, 0.1) is 0 Å². The molecule has 2 aromatic carbocycles. The Morgan fingerprint density at radius 3 is 2.40 bits per heavy atom. The molecule has 0 saturated heterocycles. The molecule has 0 aliphatic heterocycles. The van der Waals surface area contributed by atoms with E-state index in [0.717, 1.165) is 17.8 Å². The number of anilines is 3. The predicted molar refractivity (Wildman–Crippen MR) is 90.0 cm³/mol. The molecule has 5 nitrogen and oxygen atoms in total. The van der Waals surface area contributed by atoms with Crippen molar-refractivity contribution in [3.63, 3.8) is 0 Å². The van der Waals surface area contributed by atoms with Crippen LogP contribution in [0.3, 0.4) is 0 Å². The van der Waals surface area contributed by atoms with E-state index in [2.05, 4.69) is 20.7 Å². The topological polar surface area (TPSA) is 75.9 Å². The van der Waals surface area contributed by atoms with Crippen LogP contribution < -0.4 is 16.6 Å². The summed E-state index contributed by atoms with van der Waals surface area (Å²) in [5.41, 5.74) is 3.11. The molecule has 1 heterocycles. The molecule has 128 valence electrons. The maximum absolute atomic E-state index is 12.9. The number of aromatic nitrogens is 2. The fourth-order valence-electron chi connectivity index (χ4n) is 2.28. The summed E-state index contributed by atoms with van der Waals surface area (Å²) in [5, 5.41) is 3.00. The van der Waals surface area contributed by atoms with E-state index in [1.165, 1.54) is 12.3 Å². The summed E-state index contributed by atoms with van der Waals surface area (Å²) in [4.78, 5) is 8.37. The van der Waals surface area contributed by atoms with Crippen molar-refractivity contribution < 1.29 is 13.2 Å². The average Bonchev–Trinajstić information content (AvgIpc) is 2.62. The lowest BCUT2D eigenvalue weighted by molar-refractivity contribution is -0.137. The molecule has 8 heteroatoms. The second-order valence-electron chi connectivity index (χ2n) is 5.17. The molecule has 0 atom stereocenters. The highest BCUT2D eigenvalue weighted by Crippen LogP contribution is 2.34. The number of para-hydroxylation sites is 1. The third kappa shape index (κ3) is 3.86. The number of halogens is 3. The Bertz CT molecular complexity index is 866. The lowest BCUT2D eigenvalue weighted by Crippen LogP contribution is -2.12. The van der Waals surface area contributed by atoms with Crippen molar-refractivity contribution in [3.8, 4) is 11.1 Å². The molecule has 0 aliphatic carbocycles. The van der Waals surface area contributed by atoms with E-state index in [9.17, 15) is 13.2 Å². The number of nitrogen functional groups attached to an aromatic ring is 1. The zero-order valence-electron chi connectivity index (χ0n) is 12.9. The molecule has 3 rings (SSSR count). The van der Waals surface area contributed by atoms with Gasteiger partial charge in [0.1, 0.15) is 0 Å². The van der Waals surface area contributed by atoms with Gasteiger partial charge in [-0.3, -0.25) is 0 Å². The van der Waals surface area contributed by atoms with Crippen molar-refractivity contribution in [2.24, 2.45) is 5.84 Å². The minimum atomic E-state index is -4.43. The number of hydrogen-bond donors (Lipinski definition) is 3. The summed E-state index contributed by atoms with van der Waals surface area (Å²) >= 11 is 0. The Morgan fingerprint density at radius 2 is 1.72 bits per heavy atom. The molecule has 0 aliphatic rings. The summed E-state index contributed by atoms with van der Waals surface area (Å²) < 4.78 is 38.7. The van der Waals surface area contributed by atoms with E-state index >= 15 is 0 Å². The third-order valence-corrected chi connectivity index (χ3v) is 3.46. The van der Waals surface area contributed by atoms with Crippen molar-refractivity contribution in [3.05, 3.63) is 66.4 Å². The van der Waals surface area contributed by atoms with Gasteiger partial charge < -0.3 is 10.7 Å². The second kappa shape index (κ2) is 6.78. The van der Waals surface area contributed by atoms with E-state index in [0.29, 0.717) is 11.1 Å². The summed E-state index contributed by atoms with van der Waals surface area (Å²) in [6.07, 6.45) is -3.01. The number of benzene rings is 2. The molecule has 0 unspecified atom stereocenters. The van der Waals surface area contributed by atoms with Crippen LogP contribution in [0.1, 0.15) is 5.56 Å². The molecule has 0 bridgehead atoms. The minimum Gasteiger partial charge on any atom is -0.324 e. The molecule has 0 spiro atoms. The standard InChI is InChI=1S/C17H14F3N5/c18-17(19,20)12-6-4-5-11(9-12)14-10-22-16(24-15(14)25-21)23-13-7-2-1-3-8-13/h1-10H,21H2,(H2,22,23,24,25). The molecule has 0 fully saturated rings. The Hall–Kier alpha value is -3.13. The molecule has 0 saturated carbocycles. The smallest absolute Gasteiger partial charge is 0.324 e. The van der Waals surface area contributed by atoms with E-state index in [4.69, 9.17) is 5.84 Å². The highest BCUT2D eigenvalue weighted by atomic mass is 19.4. The van der Waals surface area contributed by atoms with E-state index in [-0.39, 0.29) is 11.8 Å². The zero-order chi connectivity index (χ0) is 17.9. The maximum atomic E-state index is 12.9. The first-order valence-electron chi connectivity index (χ1n) is 7.31. The molecule has 0 amide bonds. The van der Waals surface area contributed by atoms with Gasteiger partial charge in [-0.25, -0.2) is 10.8 Å². The van der Waals surface area contributed by atoms with Crippen LogP contribution in [0.15, 0.2) is 60.8 Å². The molecule has 3 aromatic rings. The Kier molecular flexibility index (Phi) is 4.53. The number of nitrogens with one attached hydrogen (secondary N) is 2. The monoisotopic (exact) mass is 345 g/mol. The highest BCUT2D eigenvalue weighted by molar-refractivity contribution is 5.75. The Balaban J connectivity index is 1.95. The number of rotatable bonds is 4. The van der Waals surface area contributed by atoms with E-state index < -0.39 is 11.7 Å². The van der Waals surface area contributed by atoms with E-state index in [1.807, 2.05) is 30.3 Å². The second-order valence-corrected chi connectivity index (χ2v) is 5.17. The molecular weight excluding hydrogens is 331 g/mol. The van der Waals surface area contributed by atoms with Gasteiger partial charge >= 0.3 is 6.18 Å². The van der Waals surface area contributed by atoms with Crippen LogP contribution in [-0.2, 0) is 6.18 Å². The fraction of sp³-hybridized carbons (Fsp3) is 0.0588. The van der Waals surface area contributed by atoms with Crippen LogP contribution in [0.5, 0.6) is 0 Å². The summed E-state index contributed by atoms with van der Waals surface area (Å²) in [7, 11) is 0. The third-order valence-electron chi connectivity index (χ3n) is 3.46. The normalized spacial score (nSPS) is 11.2. The lowest BCUT2D eigenvalue weighted by atomic mass is 10.0. The van der Waals surface area contributed by atoms with Gasteiger partial charge in [-0.2, -0.15) is 18.2 Å². The van der Waals surface area contributed by atoms with E-state index in [1.54, 1.807) is 6.07 Å². The molecule has 4 N–H and O–H groups in total. The largest absolute Gasteiger partial charge is 0.416 e. The van der Waals surface area contributed by atoms with Gasteiger partial charge in [0, 0.05) is 17.4 Å². The lowest BCUT2D eigenvalue weighted by Gasteiger charge is -2.12. The molecule has 25 heavy (non-hydrogen) atoms. The first-order valence-corrected chi connectivity index (χ1v) is 7.31. The van der Waals surface area contributed by atoms with Crippen LogP contribution >= 0.6 is 0 Å². The number of alkyl halides is 3. The van der Waals surface area contributed by atoms with Gasteiger partial charge in [0.2, 0.25) is 5.95 Å². The first-order chi connectivity index (χ1) is 12.0. The van der Waals surface area contributed by atoms with Gasteiger partial charge in [0.05, 0.1) is 5.56 Å². The van der Waals surface area contributed by atoms with Crippen molar-refractivity contribution >= 4 is 17.5 Å². The van der Waals surface area contributed by atoms with Crippen molar-refractivity contribution in [2.75, 3.05) is 10.7 Å². The summed E-state index contributed by atoms with van der Waals surface area (Å²) in [6.45, 7) is 0. The number of nitrogens with two attached hydrogens (primary N) is 1. The van der Waals surface area contributed by atoms with Gasteiger partial charge in [-0.1, -0.05) is 30.3 Å². The summed E-state index contributed by atoms with van der Waals surface area (Å²) in [6, 6.07) is 14.1. The minimum absolute atomic E-state index is 0.216. The quantitative estimate of drug-likeness (QED) is 0.488. The highest BCUT2D eigenvalue weighted by Gasteiger charge is 2.30. The maximum Gasteiger partial charge on any atom is 0.416 e. The fourth-order valence-corrected chi connectivity index (χ4v) is 2.28. The molecular formula is C17H14F3N5. The van der Waals surface area contributed by atoms with Crippen molar-refractivity contribution in [1.82, 2.24) is 9.97 Å². The molecule has 0 radical (unpaired) electrons. The van der Waals surface area contributed by atoms with Gasteiger partial charge in [0.25, 0.3) is 0 Å². The molecule has 1 aromatic heterocycles. The van der Waals surface area contributed by atoms with Gasteiger partial charge in [-0.15, -0.1) is 0 Å². The average molecular weight is 345 g/mol. The van der Waals surface area contributed by atoms with Crippen molar-refractivity contribution in [2.45, 2.75) is 6.18 Å². The summed E-state index contributed by atoms with van der Waals surface area (Å²) in [5.74, 6) is 5.97. The predicted octanol–water partition coefficient (Wildman–Crippen LogP) is 4.19. The van der Waals surface area contributed by atoms with Gasteiger partial charge in [-0.05, 0) is 29.8 Å². The Morgan fingerprint density at radius 1 is 0.960 bits per heavy atom. The van der Waals surface area contributed by atoms with Crippen LogP contribution in [-0.4, -0.2) is 9.97 Å². The number of hydrogen-bond acceptors (Lipinski definition) is 5. The SMILES string of the molecule is NNc1nc(Nc2ccccc2)ncc1-c1cccc(C(F)(F)F)c1. The number of nitrogens with zero attached hydrogens (tertiary/aromatic N) is 2. The van der Waals surface area contributed by atoms with Gasteiger partial charge in [0.15, 0.2) is 5.82 Å². The zero-order valence-corrected chi connectivity index (χ0v) is 12.9. The number of hydrazine groups is 1. The Labute approximate surface area is 141 Å². The first kappa shape index (κ1) is 16.7.